The Bertz CT molecular complexity index is 263. The summed E-state index contributed by atoms with van der Waals surface area (Å²) in [5.41, 5.74) is 10.00. The molecule has 0 atom stereocenters. The molecule has 0 aromatic carbocycles. The van der Waals surface area contributed by atoms with Crippen LogP contribution in [0.3, 0.4) is 0 Å². The molecule has 0 aromatic rings. The molecule has 8 nitrogen and oxygen atoms in total. The fourth-order valence-electron chi connectivity index (χ4n) is 1.70. The van der Waals surface area contributed by atoms with Crippen LogP contribution >= 0.6 is 0 Å². The third kappa shape index (κ3) is 12.0. The Morgan fingerprint density at radius 1 is 0.652 bits per heavy atom. The predicted octanol–water partition coefficient (Wildman–Crippen LogP) is 0.192. The summed E-state index contributed by atoms with van der Waals surface area (Å²) in [6.07, 6.45) is 2.75. The van der Waals surface area contributed by atoms with Crippen LogP contribution in [0.15, 0.2) is 25.7 Å². The van der Waals surface area contributed by atoms with Crippen molar-refractivity contribution in [2.24, 2.45) is 16.9 Å². The summed E-state index contributed by atoms with van der Waals surface area (Å²) < 4.78 is 32.0. The van der Waals surface area contributed by atoms with Gasteiger partial charge in [-0.3, -0.25) is 0 Å². The molecule has 0 spiro atoms. The second-order valence-corrected chi connectivity index (χ2v) is 4.71. The first-order valence-electron chi connectivity index (χ1n) is 7.41. The van der Waals surface area contributed by atoms with Crippen molar-refractivity contribution in [3.8, 4) is 0 Å². The highest BCUT2D eigenvalue weighted by molar-refractivity contribution is 4.81. The van der Waals surface area contributed by atoms with Gasteiger partial charge in [0.1, 0.15) is 13.2 Å². The van der Waals surface area contributed by atoms with Gasteiger partial charge in [-0.1, -0.05) is 13.2 Å². The van der Waals surface area contributed by atoms with Crippen molar-refractivity contribution < 1.29 is 28.4 Å². The highest BCUT2D eigenvalue weighted by atomic mass is 16.5. The molecule has 0 saturated heterocycles. The van der Waals surface area contributed by atoms with Gasteiger partial charge in [-0.2, -0.15) is 0 Å². The Balaban J connectivity index is 4.45. The van der Waals surface area contributed by atoms with E-state index in [-0.39, 0.29) is 13.5 Å². The van der Waals surface area contributed by atoms with Crippen LogP contribution in [0.5, 0.6) is 0 Å². The summed E-state index contributed by atoms with van der Waals surface area (Å²) in [4.78, 5) is 0. The van der Waals surface area contributed by atoms with Crippen LogP contribution in [0.25, 0.3) is 0 Å². The Hall–Kier alpha value is -1.16. The van der Waals surface area contributed by atoms with Crippen LogP contribution in [-0.4, -0.2) is 66.3 Å². The van der Waals surface area contributed by atoms with Gasteiger partial charge in [-0.15, -0.1) is 0 Å². The van der Waals surface area contributed by atoms with Crippen LogP contribution in [0, 0.1) is 5.41 Å². The van der Waals surface area contributed by atoms with E-state index in [2.05, 4.69) is 13.2 Å². The lowest BCUT2D eigenvalue weighted by Crippen LogP contribution is -2.41. The Labute approximate surface area is 138 Å². The summed E-state index contributed by atoms with van der Waals surface area (Å²) in [7, 11) is 0. The van der Waals surface area contributed by atoms with Gasteiger partial charge in [0.15, 0.2) is 0 Å². The normalized spacial score (nSPS) is 11.2. The molecule has 0 amide bonds. The molecule has 0 aromatic heterocycles. The van der Waals surface area contributed by atoms with E-state index in [1.807, 2.05) is 0 Å². The van der Waals surface area contributed by atoms with Crippen molar-refractivity contribution in [1.29, 1.82) is 0 Å². The molecule has 0 heterocycles. The second kappa shape index (κ2) is 15.7. The molecule has 0 aliphatic rings. The minimum atomic E-state index is -0.506. The number of ether oxygens (including phenoxy) is 6. The van der Waals surface area contributed by atoms with Crippen LogP contribution in [0.4, 0.5) is 0 Å². The highest BCUT2D eigenvalue weighted by Crippen LogP contribution is 2.21. The molecule has 0 fully saturated rings. The molecule has 0 rings (SSSR count). The summed E-state index contributed by atoms with van der Waals surface area (Å²) in [6, 6.07) is 0. The third-order valence-electron chi connectivity index (χ3n) is 2.81. The van der Waals surface area contributed by atoms with Gasteiger partial charge in [0.05, 0.1) is 71.0 Å². The van der Waals surface area contributed by atoms with Crippen LogP contribution in [-0.2, 0) is 28.4 Å². The first-order chi connectivity index (χ1) is 11.2. The van der Waals surface area contributed by atoms with Crippen molar-refractivity contribution in [2.45, 2.75) is 0 Å². The van der Waals surface area contributed by atoms with E-state index in [4.69, 9.17) is 39.9 Å². The van der Waals surface area contributed by atoms with E-state index in [9.17, 15) is 0 Å². The number of rotatable bonds is 18. The summed E-state index contributed by atoms with van der Waals surface area (Å²) in [6.45, 7) is 10.5. The molecule has 0 radical (unpaired) electrons. The highest BCUT2D eigenvalue weighted by Gasteiger charge is 2.33. The zero-order valence-electron chi connectivity index (χ0n) is 13.7. The van der Waals surface area contributed by atoms with Crippen LogP contribution in [0.1, 0.15) is 0 Å². The van der Waals surface area contributed by atoms with E-state index in [1.165, 1.54) is 12.5 Å². The van der Waals surface area contributed by atoms with Crippen molar-refractivity contribution in [3.63, 3.8) is 0 Å². The second-order valence-electron chi connectivity index (χ2n) is 4.71. The largest absolute Gasteiger partial charge is 0.501 e. The Kier molecular flexibility index (Phi) is 14.9. The third-order valence-corrected chi connectivity index (χ3v) is 2.81. The predicted molar refractivity (Wildman–Crippen MR) is 86.4 cm³/mol. The van der Waals surface area contributed by atoms with Gasteiger partial charge in [-0.25, -0.2) is 0 Å². The Morgan fingerprint density at radius 2 is 1.04 bits per heavy atom. The van der Waals surface area contributed by atoms with E-state index < -0.39 is 5.41 Å². The van der Waals surface area contributed by atoms with Crippen molar-refractivity contribution >= 4 is 0 Å². The molecule has 4 N–H and O–H groups in total. The number of nitrogens with two attached hydrogens (primary N) is 2. The fraction of sp³-hybridized carbons (Fsp3) is 0.733. The zero-order valence-corrected chi connectivity index (χ0v) is 13.7. The molecule has 0 aliphatic carbocycles. The molecule has 0 saturated carbocycles. The van der Waals surface area contributed by atoms with E-state index >= 15 is 0 Å². The maximum atomic E-state index is 5.63. The van der Waals surface area contributed by atoms with Crippen LogP contribution < -0.4 is 11.5 Å². The Morgan fingerprint density at radius 3 is 1.39 bits per heavy atom. The van der Waals surface area contributed by atoms with Gasteiger partial charge in [0, 0.05) is 0 Å². The van der Waals surface area contributed by atoms with Crippen molar-refractivity contribution in [1.82, 2.24) is 0 Å². The first-order valence-corrected chi connectivity index (χ1v) is 7.41. The number of hydrogen-bond acceptors (Lipinski definition) is 8. The summed E-state index contributed by atoms with van der Waals surface area (Å²) >= 11 is 0. The fourth-order valence-corrected chi connectivity index (χ4v) is 1.70. The van der Waals surface area contributed by atoms with Gasteiger partial charge >= 0.3 is 0 Å². The lowest BCUT2D eigenvalue weighted by Gasteiger charge is -2.31. The van der Waals surface area contributed by atoms with Gasteiger partial charge in [0.25, 0.3) is 0 Å². The SMILES string of the molecule is C=COCC(COC=C)(COCCOCN)COCCOCN. The van der Waals surface area contributed by atoms with E-state index in [0.29, 0.717) is 52.9 Å². The molecule has 0 aliphatic heterocycles. The standard InChI is InChI=1S/C15H30N2O6/c1-3-18-9-15(10-19-4-2,11-20-5-7-22-13-16)12-21-6-8-23-14-17/h3-4H,1-2,5-14,16-17H2. The molecule has 8 heteroatoms. The molecule has 0 unspecified atom stereocenters. The molecule has 0 bridgehead atoms. The van der Waals surface area contributed by atoms with Crippen LogP contribution in [0.2, 0.25) is 0 Å². The average molecular weight is 334 g/mol. The lowest BCUT2D eigenvalue weighted by atomic mass is 9.92. The van der Waals surface area contributed by atoms with Crippen molar-refractivity contribution in [2.75, 3.05) is 66.3 Å². The molecular weight excluding hydrogens is 304 g/mol. The smallest absolute Gasteiger partial charge is 0.101 e. The molecule has 23 heavy (non-hydrogen) atoms. The average Bonchev–Trinajstić information content (AvgIpc) is 2.57. The minimum Gasteiger partial charge on any atom is -0.501 e. The van der Waals surface area contributed by atoms with Gasteiger partial charge in [-0.05, 0) is 0 Å². The van der Waals surface area contributed by atoms with Gasteiger partial charge in [0.2, 0.25) is 0 Å². The minimum absolute atomic E-state index is 0.165. The van der Waals surface area contributed by atoms with E-state index in [0.717, 1.165) is 0 Å². The number of hydrogen-bond donors (Lipinski definition) is 2. The maximum absolute atomic E-state index is 5.63. The maximum Gasteiger partial charge on any atom is 0.101 e. The first kappa shape index (κ1) is 21.8. The summed E-state index contributed by atoms with van der Waals surface area (Å²) in [5.74, 6) is 0. The van der Waals surface area contributed by atoms with Crippen molar-refractivity contribution in [3.05, 3.63) is 25.7 Å². The zero-order chi connectivity index (χ0) is 17.2. The van der Waals surface area contributed by atoms with Gasteiger partial charge < -0.3 is 39.9 Å². The van der Waals surface area contributed by atoms with E-state index in [1.54, 1.807) is 0 Å². The molecular formula is C15H30N2O6. The quantitative estimate of drug-likeness (QED) is 0.208. The topological polar surface area (TPSA) is 107 Å². The summed E-state index contributed by atoms with van der Waals surface area (Å²) in [5, 5.41) is 0. The lowest BCUT2D eigenvalue weighted by molar-refractivity contribution is -0.0925. The monoisotopic (exact) mass is 334 g/mol. The molecule has 136 valence electrons.